The van der Waals surface area contributed by atoms with Gasteiger partial charge in [0.1, 0.15) is 11.7 Å². The second-order valence-corrected chi connectivity index (χ2v) is 5.36. The van der Waals surface area contributed by atoms with Crippen molar-refractivity contribution in [1.82, 2.24) is 20.3 Å². The fraction of sp³-hybridized carbons (Fsp3) is 0.400. The summed E-state index contributed by atoms with van der Waals surface area (Å²) in [4.78, 5) is 10.9. The quantitative estimate of drug-likeness (QED) is 0.815. The van der Waals surface area contributed by atoms with E-state index in [4.69, 9.17) is 9.84 Å². The molecule has 1 aromatic carbocycles. The largest absolute Gasteiger partial charge is 0.480 e. The first-order valence-electron chi connectivity index (χ1n) is 7.21. The number of aromatic nitrogens is 3. The average Bonchev–Trinajstić information content (AvgIpc) is 3.15. The highest BCUT2D eigenvalue weighted by Gasteiger charge is 2.29. The standard InChI is InChI=1S/C15H18N4O3/c20-15(21)14-6-13(7-16-14)22-10-12-9-19(18-17-12)8-11-4-2-1-3-5-11/h1-5,9,13-14,16H,6-8,10H2,(H,20,21)/t13-,14+/m1/s1. The molecule has 0 amide bonds. The van der Waals surface area contributed by atoms with Gasteiger partial charge in [-0.1, -0.05) is 35.5 Å². The number of carboxylic acids is 1. The van der Waals surface area contributed by atoms with Gasteiger partial charge in [0.05, 0.1) is 25.5 Å². The van der Waals surface area contributed by atoms with E-state index in [-0.39, 0.29) is 6.10 Å². The number of hydrogen-bond donors (Lipinski definition) is 2. The molecule has 0 spiro atoms. The molecule has 1 saturated heterocycles. The molecule has 1 aliphatic heterocycles. The fourth-order valence-electron chi connectivity index (χ4n) is 2.47. The summed E-state index contributed by atoms with van der Waals surface area (Å²) in [7, 11) is 0. The molecule has 7 nitrogen and oxygen atoms in total. The molecule has 2 atom stereocenters. The Bertz CT molecular complexity index is 629. The van der Waals surface area contributed by atoms with Gasteiger partial charge >= 0.3 is 5.97 Å². The van der Waals surface area contributed by atoms with Crippen molar-refractivity contribution >= 4 is 5.97 Å². The topological polar surface area (TPSA) is 89.3 Å². The van der Waals surface area contributed by atoms with Crippen LogP contribution in [-0.4, -0.2) is 44.8 Å². The molecule has 0 radical (unpaired) electrons. The third-order valence-electron chi connectivity index (χ3n) is 3.63. The van der Waals surface area contributed by atoms with Gasteiger partial charge in [0, 0.05) is 13.0 Å². The van der Waals surface area contributed by atoms with E-state index < -0.39 is 12.0 Å². The number of carbonyl (C=O) groups is 1. The minimum Gasteiger partial charge on any atom is -0.480 e. The second kappa shape index (κ2) is 6.67. The molecular formula is C15H18N4O3. The monoisotopic (exact) mass is 302 g/mol. The number of hydrogen-bond acceptors (Lipinski definition) is 5. The summed E-state index contributed by atoms with van der Waals surface area (Å²) in [6.45, 7) is 1.56. The highest BCUT2D eigenvalue weighted by atomic mass is 16.5. The van der Waals surface area contributed by atoms with Crippen LogP contribution in [0.15, 0.2) is 36.5 Å². The Kier molecular flexibility index (Phi) is 4.45. The molecular weight excluding hydrogens is 284 g/mol. The Hall–Kier alpha value is -2.25. The van der Waals surface area contributed by atoms with Crippen molar-refractivity contribution in [3.63, 3.8) is 0 Å². The van der Waals surface area contributed by atoms with E-state index >= 15 is 0 Å². The van der Waals surface area contributed by atoms with Crippen LogP contribution in [-0.2, 0) is 22.7 Å². The lowest BCUT2D eigenvalue weighted by atomic mass is 10.2. The first-order valence-corrected chi connectivity index (χ1v) is 7.21. The van der Waals surface area contributed by atoms with Gasteiger partial charge in [-0.2, -0.15) is 0 Å². The van der Waals surface area contributed by atoms with Gasteiger partial charge in [-0.05, 0) is 5.56 Å². The lowest BCUT2D eigenvalue weighted by molar-refractivity contribution is -0.139. The van der Waals surface area contributed by atoms with E-state index in [2.05, 4.69) is 15.6 Å². The van der Waals surface area contributed by atoms with E-state index in [1.54, 1.807) is 4.68 Å². The van der Waals surface area contributed by atoms with Crippen molar-refractivity contribution in [2.75, 3.05) is 6.54 Å². The van der Waals surface area contributed by atoms with Crippen LogP contribution in [0.1, 0.15) is 17.7 Å². The summed E-state index contributed by atoms with van der Waals surface area (Å²) in [5, 5.41) is 20.0. The van der Waals surface area contributed by atoms with E-state index in [0.717, 1.165) is 11.3 Å². The van der Waals surface area contributed by atoms with Crippen molar-refractivity contribution in [3.05, 3.63) is 47.8 Å². The number of nitrogens with one attached hydrogen (secondary N) is 1. The zero-order valence-corrected chi connectivity index (χ0v) is 12.1. The maximum atomic E-state index is 10.9. The summed E-state index contributed by atoms with van der Waals surface area (Å²) >= 11 is 0. The average molecular weight is 302 g/mol. The van der Waals surface area contributed by atoms with Crippen LogP contribution in [0.3, 0.4) is 0 Å². The van der Waals surface area contributed by atoms with Gasteiger partial charge in [0.15, 0.2) is 0 Å². The molecule has 7 heteroatoms. The molecule has 1 fully saturated rings. The van der Waals surface area contributed by atoms with Gasteiger partial charge in [-0.3, -0.25) is 4.79 Å². The minimum atomic E-state index is -0.833. The van der Waals surface area contributed by atoms with Gasteiger partial charge < -0.3 is 15.2 Å². The Morgan fingerprint density at radius 1 is 1.41 bits per heavy atom. The number of rotatable bonds is 6. The lowest BCUT2D eigenvalue weighted by Crippen LogP contribution is -2.29. The number of nitrogens with zero attached hydrogens (tertiary/aromatic N) is 3. The minimum absolute atomic E-state index is 0.0969. The summed E-state index contributed by atoms with van der Waals surface area (Å²) in [6, 6.07) is 9.51. The Morgan fingerprint density at radius 2 is 2.23 bits per heavy atom. The van der Waals surface area contributed by atoms with Crippen LogP contribution < -0.4 is 5.32 Å². The summed E-state index contributed by atoms with van der Waals surface area (Å²) in [5.74, 6) is -0.833. The van der Waals surface area contributed by atoms with Gasteiger partial charge in [0.25, 0.3) is 0 Å². The number of carboxylic acid groups (broad SMARTS) is 1. The van der Waals surface area contributed by atoms with E-state index in [1.807, 2.05) is 36.5 Å². The molecule has 116 valence electrons. The zero-order valence-electron chi connectivity index (χ0n) is 12.1. The third-order valence-corrected chi connectivity index (χ3v) is 3.63. The molecule has 22 heavy (non-hydrogen) atoms. The number of ether oxygens (including phenoxy) is 1. The summed E-state index contributed by atoms with van der Waals surface area (Å²) in [5.41, 5.74) is 1.90. The number of benzene rings is 1. The van der Waals surface area contributed by atoms with Crippen LogP contribution in [0.25, 0.3) is 0 Å². The van der Waals surface area contributed by atoms with Crippen LogP contribution in [0.4, 0.5) is 0 Å². The normalized spacial score (nSPS) is 21.1. The Balaban J connectivity index is 1.49. The highest BCUT2D eigenvalue weighted by molar-refractivity contribution is 5.73. The molecule has 1 aliphatic rings. The van der Waals surface area contributed by atoms with E-state index in [0.29, 0.717) is 26.1 Å². The van der Waals surface area contributed by atoms with Crippen LogP contribution in [0.5, 0.6) is 0 Å². The Morgan fingerprint density at radius 3 is 2.95 bits per heavy atom. The van der Waals surface area contributed by atoms with Crippen LogP contribution >= 0.6 is 0 Å². The zero-order chi connectivity index (χ0) is 15.4. The molecule has 0 saturated carbocycles. The second-order valence-electron chi connectivity index (χ2n) is 5.36. The van der Waals surface area contributed by atoms with Crippen molar-refractivity contribution in [2.24, 2.45) is 0 Å². The first-order chi connectivity index (χ1) is 10.7. The highest BCUT2D eigenvalue weighted by Crippen LogP contribution is 2.12. The molecule has 2 N–H and O–H groups in total. The summed E-state index contributed by atoms with van der Waals surface area (Å²) in [6.07, 6.45) is 2.23. The van der Waals surface area contributed by atoms with Gasteiger partial charge in [0.2, 0.25) is 0 Å². The smallest absolute Gasteiger partial charge is 0.320 e. The molecule has 0 unspecified atom stereocenters. The van der Waals surface area contributed by atoms with Crippen molar-refractivity contribution < 1.29 is 14.6 Å². The molecule has 3 rings (SSSR count). The van der Waals surface area contributed by atoms with Gasteiger partial charge in [-0.15, -0.1) is 5.10 Å². The third kappa shape index (κ3) is 3.69. The van der Waals surface area contributed by atoms with Crippen molar-refractivity contribution in [2.45, 2.75) is 31.7 Å². The maximum absolute atomic E-state index is 10.9. The van der Waals surface area contributed by atoms with E-state index in [1.165, 1.54) is 0 Å². The predicted octanol–water partition coefficient (Wildman–Crippen LogP) is 0.658. The summed E-state index contributed by atoms with van der Waals surface area (Å²) < 4.78 is 7.46. The molecule has 0 bridgehead atoms. The van der Waals surface area contributed by atoms with Crippen LogP contribution in [0.2, 0.25) is 0 Å². The molecule has 2 aromatic rings. The van der Waals surface area contributed by atoms with Crippen LogP contribution in [0, 0.1) is 0 Å². The lowest BCUT2D eigenvalue weighted by Gasteiger charge is -2.08. The predicted molar refractivity (Wildman–Crippen MR) is 78.2 cm³/mol. The first kappa shape index (κ1) is 14.7. The van der Waals surface area contributed by atoms with Crippen molar-refractivity contribution in [1.29, 1.82) is 0 Å². The Labute approximate surface area is 127 Å². The fourth-order valence-corrected chi connectivity index (χ4v) is 2.47. The molecule has 2 heterocycles. The van der Waals surface area contributed by atoms with Crippen molar-refractivity contribution in [3.8, 4) is 0 Å². The van der Waals surface area contributed by atoms with Gasteiger partial charge in [-0.25, -0.2) is 4.68 Å². The van der Waals surface area contributed by atoms with E-state index in [9.17, 15) is 4.79 Å². The number of aliphatic carboxylic acids is 1. The SMILES string of the molecule is O=C(O)[C@@H]1C[C@@H](OCc2cn(Cc3ccccc3)nn2)CN1. The molecule has 1 aromatic heterocycles. The maximum Gasteiger partial charge on any atom is 0.320 e. The molecule has 0 aliphatic carbocycles.